The van der Waals surface area contributed by atoms with Gasteiger partial charge in [-0.25, -0.2) is 9.79 Å². The second kappa shape index (κ2) is 6.32. The second-order valence-electron chi connectivity index (χ2n) is 5.95. The minimum Gasteiger partial charge on any atom is -0.402 e. The van der Waals surface area contributed by atoms with Crippen molar-refractivity contribution >= 4 is 23.6 Å². The second-order valence-corrected chi connectivity index (χ2v) is 5.95. The van der Waals surface area contributed by atoms with Gasteiger partial charge >= 0.3 is 5.97 Å². The largest absolute Gasteiger partial charge is 0.402 e. The number of carbonyl (C=O) groups is 1. The lowest BCUT2D eigenvalue weighted by molar-refractivity contribution is -0.385. The predicted molar refractivity (Wildman–Crippen MR) is 94.4 cm³/mol. The van der Waals surface area contributed by atoms with E-state index in [0.29, 0.717) is 11.1 Å². The zero-order chi connectivity index (χ0) is 18.1. The highest BCUT2D eigenvalue weighted by molar-refractivity contribution is 6.13. The summed E-state index contributed by atoms with van der Waals surface area (Å²) >= 11 is 0. The summed E-state index contributed by atoms with van der Waals surface area (Å²) in [7, 11) is 0. The molecule has 0 unspecified atom stereocenters. The number of benzene rings is 2. The Bertz CT molecular complexity index is 958. The van der Waals surface area contributed by atoms with Crippen LogP contribution >= 0.6 is 0 Å². The first-order valence-electron chi connectivity index (χ1n) is 7.70. The molecule has 0 saturated heterocycles. The Labute approximate surface area is 144 Å². The van der Waals surface area contributed by atoms with Gasteiger partial charge in [-0.2, -0.15) is 0 Å². The van der Waals surface area contributed by atoms with Crippen LogP contribution in [0.2, 0.25) is 0 Å². The summed E-state index contributed by atoms with van der Waals surface area (Å²) in [5, 5.41) is 11.1. The van der Waals surface area contributed by atoms with Gasteiger partial charge in [-0.05, 0) is 44.0 Å². The molecular formula is C19H16N2O4. The molecule has 2 aromatic rings. The van der Waals surface area contributed by atoms with Gasteiger partial charge in [0.25, 0.3) is 5.69 Å². The summed E-state index contributed by atoms with van der Waals surface area (Å²) in [4.78, 5) is 26.9. The van der Waals surface area contributed by atoms with Crippen molar-refractivity contribution in [1.82, 2.24) is 0 Å². The summed E-state index contributed by atoms with van der Waals surface area (Å²) in [5.41, 5.74) is 4.03. The summed E-state index contributed by atoms with van der Waals surface area (Å²) < 4.78 is 5.20. The van der Waals surface area contributed by atoms with Gasteiger partial charge < -0.3 is 4.74 Å². The molecular weight excluding hydrogens is 320 g/mol. The summed E-state index contributed by atoms with van der Waals surface area (Å²) in [6.45, 7) is 5.56. The number of cyclic esters (lactones) is 1. The van der Waals surface area contributed by atoms with E-state index in [1.165, 1.54) is 6.07 Å². The number of ether oxygens (including phenoxy) is 1. The van der Waals surface area contributed by atoms with Crippen LogP contribution in [0, 0.1) is 30.9 Å². The van der Waals surface area contributed by atoms with E-state index in [2.05, 4.69) is 4.99 Å². The molecule has 126 valence electrons. The van der Waals surface area contributed by atoms with Gasteiger partial charge in [0, 0.05) is 17.2 Å². The molecule has 25 heavy (non-hydrogen) atoms. The molecule has 0 bridgehead atoms. The molecule has 6 heteroatoms. The number of nitro benzene ring substituents is 1. The molecule has 1 heterocycles. The van der Waals surface area contributed by atoms with E-state index in [1.807, 2.05) is 32.0 Å². The van der Waals surface area contributed by atoms with E-state index in [-0.39, 0.29) is 17.3 Å². The van der Waals surface area contributed by atoms with E-state index in [4.69, 9.17) is 4.74 Å². The van der Waals surface area contributed by atoms with Gasteiger partial charge in [0.15, 0.2) is 5.70 Å². The van der Waals surface area contributed by atoms with Gasteiger partial charge in [0.1, 0.15) is 0 Å². The summed E-state index contributed by atoms with van der Waals surface area (Å²) in [6.07, 6.45) is 1.67. The third kappa shape index (κ3) is 3.33. The lowest BCUT2D eigenvalue weighted by atomic mass is 10.0. The molecule has 1 aliphatic heterocycles. The molecule has 1 aliphatic rings. The molecule has 0 N–H and O–H groups in total. The smallest absolute Gasteiger partial charge is 0.363 e. The van der Waals surface area contributed by atoms with Crippen molar-refractivity contribution in [3.63, 3.8) is 0 Å². The number of hydrogen-bond donors (Lipinski definition) is 0. The number of rotatable bonds is 3. The number of aliphatic imine (C=N–C) groups is 1. The van der Waals surface area contributed by atoms with Gasteiger partial charge in [-0.15, -0.1) is 0 Å². The monoisotopic (exact) mass is 336 g/mol. The lowest BCUT2D eigenvalue weighted by Gasteiger charge is -2.01. The van der Waals surface area contributed by atoms with Crippen LogP contribution in [0.1, 0.15) is 27.8 Å². The average molecular weight is 336 g/mol. The van der Waals surface area contributed by atoms with Crippen molar-refractivity contribution < 1.29 is 14.5 Å². The topological polar surface area (TPSA) is 81.8 Å². The Morgan fingerprint density at radius 3 is 2.52 bits per heavy atom. The fourth-order valence-electron chi connectivity index (χ4n) is 2.53. The van der Waals surface area contributed by atoms with Crippen molar-refractivity contribution in [3.05, 3.63) is 80.0 Å². The normalized spacial score (nSPS) is 15.2. The first kappa shape index (κ1) is 16.6. The lowest BCUT2D eigenvalue weighted by Crippen LogP contribution is -2.06. The van der Waals surface area contributed by atoms with E-state index in [9.17, 15) is 14.9 Å². The van der Waals surface area contributed by atoms with Crippen LogP contribution in [-0.4, -0.2) is 16.8 Å². The molecule has 0 aromatic heterocycles. The first-order chi connectivity index (χ1) is 11.8. The van der Waals surface area contributed by atoms with Gasteiger partial charge in [0.05, 0.1) is 4.92 Å². The minimum atomic E-state index is -0.570. The molecule has 2 aromatic carbocycles. The minimum absolute atomic E-state index is 0.0387. The van der Waals surface area contributed by atoms with Crippen LogP contribution in [-0.2, 0) is 9.53 Å². The van der Waals surface area contributed by atoms with Crippen molar-refractivity contribution in [2.24, 2.45) is 4.99 Å². The summed E-state index contributed by atoms with van der Waals surface area (Å²) in [6, 6.07) is 10.5. The van der Waals surface area contributed by atoms with Crippen LogP contribution in [0.5, 0.6) is 0 Å². The third-order valence-corrected chi connectivity index (χ3v) is 4.00. The maximum absolute atomic E-state index is 12.1. The van der Waals surface area contributed by atoms with E-state index in [1.54, 1.807) is 25.1 Å². The highest BCUT2D eigenvalue weighted by Gasteiger charge is 2.26. The van der Waals surface area contributed by atoms with E-state index >= 15 is 0 Å². The van der Waals surface area contributed by atoms with Crippen molar-refractivity contribution in [1.29, 1.82) is 0 Å². The molecule has 0 atom stereocenters. The highest BCUT2D eigenvalue weighted by atomic mass is 16.6. The van der Waals surface area contributed by atoms with Crippen molar-refractivity contribution in [3.8, 4) is 0 Å². The van der Waals surface area contributed by atoms with Gasteiger partial charge in [-0.3, -0.25) is 10.1 Å². The Balaban J connectivity index is 2.01. The molecule has 0 aliphatic carbocycles. The molecule has 3 rings (SSSR count). The van der Waals surface area contributed by atoms with Crippen LogP contribution in [0.25, 0.3) is 6.08 Å². The zero-order valence-corrected chi connectivity index (χ0v) is 14.1. The zero-order valence-electron chi connectivity index (χ0n) is 14.1. The van der Waals surface area contributed by atoms with Crippen LogP contribution in [0.15, 0.2) is 47.1 Å². The Kier molecular flexibility index (Phi) is 4.19. The summed E-state index contributed by atoms with van der Waals surface area (Å²) in [5.74, 6) is -0.496. The van der Waals surface area contributed by atoms with Crippen molar-refractivity contribution in [2.45, 2.75) is 20.8 Å². The Hall–Kier alpha value is -3.28. The maximum atomic E-state index is 12.1. The van der Waals surface area contributed by atoms with Crippen LogP contribution in [0.4, 0.5) is 5.69 Å². The predicted octanol–water partition coefficient (Wildman–Crippen LogP) is 3.86. The fourth-order valence-corrected chi connectivity index (χ4v) is 2.53. The average Bonchev–Trinajstić information content (AvgIpc) is 2.92. The highest BCUT2D eigenvalue weighted by Crippen LogP contribution is 2.24. The van der Waals surface area contributed by atoms with Gasteiger partial charge in [0.2, 0.25) is 5.90 Å². The molecule has 6 nitrogen and oxygen atoms in total. The molecule has 0 amide bonds. The number of esters is 1. The maximum Gasteiger partial charge on any atom is 0.363 e. The third-order valence-electron chi connectivity index (χ3n) is 4.00. The van der Waals surface area contributed by atoms with Crippen LogP contribution in [0.3, 0.4) is 0 Å². The quantitative estimate of drug-likeness (QED) is 0.369. The Morgan fingerprint density at radius 1 is 1.08 bits per heavy atom. The SMILES string of the molecule is Cc1ccc(C)c(C=C2N=C(c3ccc(C)c([N+](=O)[O-])c3)OC2=O)c1. The number of nitro groups is 1. The molecule has 0 saturated carbocycles. The molecule has 0 fully saturated rings. The number of aryl methyl sites for hydroxylation is 3. The van der Waals surface area contributed by atoms with Gasteiger partial charge in [-0.1, -0.05) is 29.8 Å². The van der Waals surface area contributed by atoms with Crippen LogP contribution < -0.4 is 0 Å². The number of hydrogen-bond acceptors (Lipinski definition) is 5. The first-order valence-corrected chi connectivity index (χ1v) is 7.70. The number of carbonyl (C=O) groups excluding carboxylic acids is 1. The number of nitrogens with zero attached hydrogens (tertiary/aromatic N) is 2. The standard InChI is InChI=1S/C19H16N2O4/c1-11-4-5-12(2)15(8-11)9-16-19(22)25-18(20-16)14-7-6-13(3)17(10-14)21(23)24/h4-10H,1-3H3. The van der Waals surface area contributed by atoms with E-state index in [0.717, 1.165) is 16.7 Å². The molecule has 0 spiro atoms. The Morgan fingerprint density at radius 2 is 1.80 bits per heavy atom. The fraction of sp³-hybridized carbons (Fsp3) is 0.158. The van der Waals surface area contributed by atoms with Crippen molar-refractivity contribution in [2.75, 3.05) is 0 Å². The molecule has 0 radical (unpaired) electrons. The van der Waals surface area contributed by atoms with E-state index < -0.39 is 10.9 Å².